The molecule has 0 aliphatic heterocycles. The van der Waals surface area contributed by atoms with Crippen LogP contribution in [-0.2, 0) is 0 Å². The molecule has 0 unspecified atom stereocenters. The summed E-state index contributed by atoms with van der Waals surface area (Å²) in [5.41, 5.74) is 6.01. The van der Waals surface area contributed by atoms with E-state index in [0.29, 0.717) is 11.7 Å². The molecular weight excluding hydrogens is 184 g/mol. The predicted molar refractivity (Wildman–Crippen MR) is 48.5 cm³/mol. The molecule has 0 aromatic carbocycles. The topological polar surface area (TPSA) is 87.1 Å². The Labute approximate surface area is 79.7 Å². The minimum Gasteiger partial charge on any atom is -0.481 e. The zero-order valence-electron chi connectivity index (χ0n) is 7.47. The molecule has 0 bridgehead atoms. The number of pyridine rings is 1. The van der Waals surface area contributed by atoms with Crippen molar-refractivity contribution < 1.29 is 9.26 Å². The van der Waals surface area contributed by atoms with E-state index in [-0.39, 0.29) is 6.01 Å². The van der Waals surface area contributed by atoms with Gasteiger partial charge in [-0.1, -0.05) is 5.16 Å². The van der Waals surface area contributed by atoms with Crippen LogP contribution in [0.1, 0.15) is 0 Å². The van der Waals surface area contributed by atoms with Crippen LogP contribution in [0.3, 0.4) is 0 Å². The Kier molecular flexibility index (Phi) is 2.02. The number of anilines is 1. The van der Waals surface area contributed by atoms with Gasteiger partial charge in [0.2, 0.25) is 11.7 Å². The van der Waals surface area contributed by atoms with Crippen LogP contribution in [0.5, 0.6) is 5.88 Å². The molecule has 0 radical (unpaired) electrons. The molecule has 0 aliphatic rings. The van der Waals surface area contributed by atoms with Crippen LogP contribution < -0.4 is 10.5 Å². The lowest BCUT2D eigenvalue weighted by Crippen LogP contribution is -1.88. The fourth-order valence-corrected chi connectivity index (χ4v) is 0.986. The van der Waals surface area contributed by atoms with Crippen LogP contribution in [0.2, 0.25) is 0 Å². The van der Waals surface area contributed by atoms with Crippen molar-refractivity contribution in [2.75, 3.05) is 12.8 Å². The maximum atomic E-state index is 5.29. The van der Waals surface area contributed by atoms with E-state index in [4.69, 9.17) is 10.5 Å². The number of rotatable bonds is 2. The van der Waals surface area contributed by atoms with E-state index in [1.165, 1.54) is 0 Å². The first-order valence-electron chi connectivity index (χ1n) is 3.89. The second-order valence-electron chi connectivity index (χ2n) is 2.55. The third-order valence-electron chi connectivity index (χ3n) is 1.65. The van der Waals surface area contributed by atoms with Crippen molar-refractivity contribution in [3.63, 3.8) is 0 Å². The summed E-state index contributed by atoms with van der Waals surface area (Å²) in [5, 5.41) is 3.65. The number of aromatic nitrogens is 3. The van der Waals surface area contributed by atoms with Gasteiger partial charge in [-0.05, 0) is 6.07 Å². The van der Waals surface area contributed by atoms with Gasteiger partial charge in [0.05, 0.1) is 7.11 Å². The van der Waals surface area contributed by atoms with E-state index in [9.17, 15) is 0 Å². The van der Waals surface area contributed by atoms with E-state index < -0.39 is 0 Å². The molecule has 14 heavy (non-hydrogen) atoms. The smallest absolute Gasteiger partial charge is 0.319 e. The van der Waals surface area contributed by atoms with Crippen molar-refractivity contribution in [2.24, 2.45) is 0 Å². The summed E-state index contributed by atoms with van der Waals surface area (Å²) in [6.45, 7) is 0. The van der Waals surface area contributed by atoms with Gasteiger partial charge in [-0.25, -0.2) is 4.98 Å². The molecule has 0 saturated carbocycles. The predicted octanol–water partition coefficient (Wildman–Crippen LogP) is 0.722. The first kappa shape index (κ1) is 8.49. The lowest BCUT2D eigenvalue weighted by molar-refractivity contribution is 0.398. The molecule has 0 atom stereocenters. The van der Waals surface area contributed by atoms with Crippen molar-refractivity contribution in [1.82, 2.24) is 15.1 Å². The fourth-order valence-electron chi connectivity index (χ4n) is 0.986. The third-order valence-corrected chi connectivity index (χ3v) is 1.65. The van der Waals surface area contributed by atoms with Gasteiger partial charge in [0.1, 0.15) is 0 Å². The Balaban J connectivity index is 2.33. The highest BCUT2D eigenvalue weighted by Gasteiger charge is 2.06. The molecule has 6 nitrogen and oxygen atoms in total. The SMILES string of the molecule is COc1ccc(-c2noc(N)n2)cn1. The maximum absolute atomic E-state index is 5.29. The molecule has 2 N–H and O–H groups in total. The monoisotopic (exact) mass is 192 g/mol. The quantitative estimate of drug-likeness (QED) is 0.754. The van der Waals surface area contributed by atoms with E-state index in [1.807, 2.05) is 0 Å². The van der Waals surface area contributed by atoms with Gasteiger partial charge >= 0.3 is 6.01 Å². The van der Waals surface area contributed by atoms with Crippen LogP contribution >= 0.6 is 0 Å². The number of nitrogens with two attached hydrogens (primary N) is 1. The molecule has 0 spiro atoms. The molecule has 2 aromatic heterocycles. The van der Waals surface area contributed by atoms with Gasteiger partial charge in [0, 0.05) is 17.8 Å². The highest BCUT2D eigenvalue weighted by Crippen LogP contribution is 2.17. The summed E-state index contributed by atoms with van der Waals surface area (Å²) in [7, 11) is 1.55. The average molecular weight is 192 g/mol. The fraction of sp³-hybridized carbons (Fsp3) is 0.125. The summed E-state index contributed by atoms with van der Waals surface area (Å²) in [6, 6.07) is 3.52. The van der Waals surface area contributed by atoms with Gasteiger partial charge < -0.3 is 15.0 Å². The second kappa shape index (κ2) is 3.33. The van der Waals surface area contributed by atoms with Crippen LogP contribution in [0.15, 0.2) is 22.9 Å². The standard InChI is InChI=1S/C8H8N4O2/c1-13-6-3-2-5(4-10-6)7-11-8(9)14-12-7/h2-4H,1H3,(H2,9,11,12). The average Bonchev–Trinajstić information content (AvgIpc) is 2.65. The molecule has 72 valence electrons. The number of ether oxygens (including phenoxy) is 1. The van der Waals surface area contributed by atoms with E-state index in [2.05, 4.69) is 19.6 Å². The Morgan fingerprint density at radius 3 is 2.79 bits per heavy atom. The van der Waals surface area contributed by atoms with E-state index in [1.54, 1.807) is 25.4 Å². The minimum atomic E-state index is 0.0378. The van der Waals surface area contributed by atoms with Crippen molar-refractivity contribution in [1.29, 1.82) is 0 Å². The summed E-state index contributed by atoms with van der Waals surface area (Å²) in [4.78, 5) is 7.85. The summed E-state index contributed by atoms with van der Waals surface area (Å²) in [5.74, 6) is 0.947. The van der Waals surface area contributed by atoms with E-state index in [0.717, 1.165) is 5.56 Å². The number of nitrogen functional groups attached to an aromatic ring is 1. The van der Waals surface area contributed by atoms with Gasteiger partial charge in [-0.15, -0.1) is 0 Å². The van der Waals surface area contributed by atoms with Crippen LogP contribution in [-0.4, -0.2) is 22.2 Å². The number of methoxy groups -OCH3 is 1. The van der Waals surface area contributed by atoms with Crippen molar-refractivity contribution in [2.45, 2.75) is 0 Å². The number of nitrogens with zero attached hydrogens (tertiary/aromatic N) is 3. The lowest BCUT2D eigenvalue weighted by Gasteiger charge is -1.97. The molecule has 0 amide bonds. The van der Waals surface area contributed by atoms with E-state index >= 15 is 0 Å². The zero-order chi connectivity index (χ0) is 9.97. The summed E-state index contributed by atoms with van der Waals surface area (Å²) < 4.78 is 9.54. The summed E-state index contributed by atoms with van der Waals surface area (Å²) in [6.07, 6.45) is 1.59. The summed E-state index contributed by atoms with van der Waals surface area (Å²) >= 11 is 0. The minimum absolute atomic E-state index is 0.0378. The van der Waals surface area contributed by atoms with Crippen LogP contribution in [0, 0.1) is 0 Å². The lowest BCUT2D eigenvalue weighted by atomic mass is 10.3. The van der Waals surface area contributed by atoms with Gasteiger partial charge in [0.15, 0.2) is 0 Å². The Bertz CT molecular complexity index is 423. The molecular formula is C8H8N4O2. The number of hydrogen-bond acceptors (Lipinski definition) is 6. The molecule has 2 rings (SSSR count). The van der Waals surface area contributed by atoms with Crippen molar-refractivity contribution in [3.05, 3.63) is 18.3 Å². The van der Waals surface area contributed by atoms with Gasteiger partial charge in [-0.3, -0.25) is 0 Å². The van der Waals surface area contributed by atoms with Gasteiger partial charge in [0.25, 0.3) is 0 Å². The molecule has 2 heterocycles. The van der Waals surface area contributed by atoms with Crippen molar-refractivity contribution >= 4 is 6.01 Å². The van der Waals surface area contributed by atoms with Crippen LogP contribution in [0.25, 0.3) is 11.4 Å². The maximum Gasteiger partial charge on any atom is 0.319 e. The molecule has 0 fully saturated rings. The number of hydrogen-bond donors (Lipinski definition) is 1. The largest absolute Gasteiger partial charge is 0.481 e. The Hall–Kier alpha value is -2.11. The Morgan fingerprint density at radius 2 is 2.29 bits per heavy atom. The Morgan fingerprint density at radius 1 is 1.43 bits per heavy atom. The highest BCUT2D eigenvalue weighted by molar-refractivity contribution is 5.53. The zero-order valence-corrected chi connectivity index (χ0v) is 7.47. The van der Waals surface area contributed by atoms with Crippen molar-refractivity contribution in [3.8, 4) is 17.3 Å². The van der Waals surface area contributed by atoms with Crippen LogP contribution in [0.4, 0.5) is 6.01 Å². The highest BCUT2D eigenvalue weighted by atomic mass is 16.5. The molecule has 6 heteroatoms. The third kappa shape index (κ3) is 1.49. The second-order valence-corrected chi connectivity index (χ2v) is 2.55. The first-order chi connectivity index (χ1) is 6.79. The molecule has 0 aliphatic carbocycles. The molecule has 0 saturated heterocycles. The molecule has 2 aromatic rings. The first-order valence-corrected chi connectivity index (χ1v) is 3.89. The normalized spacial score (nSPS) is 10.1. The van der Waals surface area contributed by atoms with Gasteiger partial charge in [-0.2, -0.15) is 4.98 Å².